The highest BCUT2D eigenvalue weighted by molar-refractivity contribution is 14.1. The summed E-state index contributed by atoms with van der Waals surface area (Å²) in [7, 11) is 1.62. The minimum absolute atomic E-state index is 0.266. The lowest BCUT2D eigenvalue weighted by Gasteiger charge is -2.11. The molecule has 0 saturated carbocycles. The zero-order valence-corrected chi connectivity index (χ0v) is 22.2. The molecule has 0 aliphatic carbocycles. The van der Waals surface area contributed by atoms with Crippen LogP contribution in [0.25, 0.3) is 22.5 Å². The summed E-state index contributed by atoms with van der Waals surface area (Å²) in [4.78, 5) is 4.60. The molecule has 0 radical (unpaired) electrons. The maximum absolute atomic E-state index is 10.1. The van der Waals surface area contributed by atoms with Gasteiger partial charge in [0.1, 0.15) is 17.4 Å². The number of halogens is 1. The molecule has 0 fully saturated rings. The Bertz CT molecular complexity index is 1410. The highest BCUT2D eigenvalue weighted by Crippen LogP contribution is 2.43. The number of aliphatic imine (C=N–C) groups is 1. The molecular weight excluding hydrogens is 551 g/mol. The SMILES string of the molecule is CCOc1cc(C=Nc2oc(-c3ccc(C)cc3)c(-c3ccc(C)cc3)c2C#N)cc(I)c1OC. The van der Waals surface area contributed by atoms with Crippen LogP contribution in [0.2, 0.25) is 0 Å². The number of hydrogen-bond donors (Lipinski definition) is 0. The van der Waals surface area contributed by atoms with E-state index in [1.165, 1.54) is 0 Å². The quantitative estimate of drug-likeness (QED) is 0.166. The molecule has 176 valence electrons. The van der Waals surface area contributed by atoms with Crippen molar-refractivity contribution in [3.63, 3.8) is 0 Å². The van der Waals surface area contributed by atoms with Gasteiger partial charge in [-0.25, -0.2) is 4.99 Å². The summed E-state index contributed by atoms with van der Waals surface area (Å²) in [5, 5.41) is 10.1. The molecule has 1 aromatic heterocycles. The zero-order chi connectivity index (χ0) is 24.9. The highest BCUT2D eigenvalue weighted by Gasteiger charge is 2.23. The van der Waals surface area contributed by atoms with Crippen LogP contribution in [-0.2, 0) is 0 Å². The summed E-state index contributed by atoms with van der Waals surface area (Å²) < 4.78 is 18.4. The van der Waals surface area contributed by atoms with Gasteiger partial charge in [-0.05, 0) is 66.6 Å². The predicted molar refractivity (Wildman–Crippen MR) is 148 cm³/mol. The van der Waals surface area contributed by atoms with Crippen LogP contribution in [0.3, 0.4) is 0 Å². The third-order valence-electron chi connectivity index (χ3n) is 5.52. The largest absolute Gasteiger partial charge is 0.492 e. The van der Waals surface area contributed by atoms with E-state index >= 15 is 0 Å². The summed E-state index contributed by atoms with van der Waals surface area (Å²) in [6.07, 6.45) is 1.68. The number of furan rings is 1. The molecule has 35 heavy (non-hydrogen) atoms. The average molecular weight is 576 g/mol. The van der Waals surface area contributed by atoms with Crippen molar-refractivity contribution in [1.29, 1.82) is 5.26 Å². The third kappa shape index (κ3) is 5.25. The molecule has 4 aromatic rings. The highest BCUT2D eigenvalue weighted by atomic mass is 127. The Morgan fingerprint density at radius 3 is 2.20 bits per heavy atom. The van der Waals surface area contributed by atoms with Crippen molar-refractivity contribution >= 4 is 34.7 Å². The first kappa shape index (κ1) is 24.6. The molecular formula is C29H25IN2O3. The Morgan fingerprint density at radius 2 is 1.63 bits per heavy atom. The van der Waals surface area contributed by atoms with Gasteiger partial charge in [-0.2, -0.15) is 5.26 Å². The fourth-order valence-electron chi connectivity index (χ4n) is 3.77. The molecule has 0 bridgehead atoms. The number of methoxy groups -OCH3 is 1. The lowest BCUT2D eigenvalue weighted by molar-refractivity contribution is 0.309. The van der Waals surface area contributed by atoms with Gasteiger partial charge in [0.2, 0.25) is 5.88 Å². The first-order valence-electron chi connectivity index (χ1n) is 11.2. The molecule has 0 unspecified atom stereocenters. The van der Waals surface area contributed by atoms with E-state index in [0.29, 0.717) is 29.4 Å². The van der Waals surface area contributed by atoms with Gasteiger partial charge in [0.15, 0.2) is 11.5 Å². The van der Waals surface area contributed by atoms with Crippen LogP contribution < -0.4 is 9.47 Å². The molecule has 0 N–H and O–H groups in total. The first-order valence-corrected chi connectivity index (χ1v) is 12.3. The number of benzene rings is 3. The maximum Gasteiger partial charge on any atom is 0.238 e. The van der Waals surface area contributed by atoms with Gasteiger partial charge >= 0.3 is 0 Å². The third-order valence-corrected chi connectivity index (χ3v) is 6.32. The van der Waals surface area contributed by atoms with Crippen LogP contribution in [0.5, 0.6) is 11.5 Å². The summed E-state index contributed by atoms with van der Waals surface area (Å²) >= 11 is 2.21. The Labute approximate surface area is 219 Å². The zero-order valence-electron chi connectivity index (χ0n) is 20.1. The fourth-order valence-corrected chi connectivity index (χ4v) is 4.62. The standard InChI is InChI=1S/C29H25IN2O3/c1-5-34-25-15-20(14-24(30)28(25)33-4)17-32-29-23(16-31)26(21-10-6-18(2)7-11-21)27(35-29)22-12-8-19(3)9-13-22/h6-15,17H,5H2,1-4H3. The Balaban J connectivity index is 1.85. The lowest BCUT2D eigenvalue weighted by Crippen LogP contribution is -1.98. The van der Waals surface area contributed by atoms with Gasteiger partial charge in [0, 0.05) is 17.3 Å². The molecule has 0 amide bonds. The summed E-state index contributed by atoms with van der Waals surface area (Å²) in [5.74, 6) is 2.21. The van der Waals surface area contributed by atoms with E-state index in [0.717, 1.165) is 37.0 Å². The minimum Gasteiger partial charge on any atom is -0.492 e. The molecule has 0 atom stereocenters. The molecule has 0 saturated heterocycles. The van der Waals surface area contributed by atoms with E-state index in [9.17, 15) is 5.26 Å². The topological polar surface area (TPSA) is 67.8 Å². The number of aryl methyl sites for hydroxylation is 2. The monoisotopic (exact) mass is 576 g/mol. The molecule has 5 nitrogen and oxygen atoms in total. The first-order chi connectivity index (χ1) is 16.9. The number of hydrogen-bond acceptors (Lipinski definition) is 5. The van der Waals surface area contributed by atoms with E-state index < -0.39 is 0 Å². The van der Waals surface area contributed by atoms with Crippen LogP contribution in [0.15, 0.2) is 70.1 Å². The molecule has 1 heterocycles. The minimum atomic E-state index is 0.266. The van der Waals surface area contributed by atoms with Crippen molar-refractivity contribution < 1.29 is 13.9 Å². The van der Waals surface area contributed by atoms with Gasteiger partial charge < -0.3 is 13.9 Å². The van der Waals surface area contributed by atoms with Gasteiger partial charge in [0.05, 0.1) is 17.3 Å². The average Bonchev–Trinajstić information content (AvgIpc) is 3.22. The Kier molecular flexibility index (Phi) is 7.57. The molecule has 0 aliphatic rings. The normalized spacial score (nSPS) is 11.0. The summed E-state index contributed by atoms with van der Waals surface area (Å²) in [6, 6.07) is 22.3. The van der Waals surface area contributed by atoms with Crippen LogP contribution in [0.4, 0.5) is 5.88 Å². The molecule has 0 aliphatic heterocycles. The van der Waals surface area contributed by atoms with Crippen molar-refractivity contribution in [2.45, 2.75) is 20.8 Å². The van der Waals surface area contributed by atoms with Gasteiger partial charge in [-0.1, -0.05) is 59.7 Å². The van der Waals surface area contributed by atoms with E-state index in [1.54, 1.807) is 13.3 Å². The van der Waals surface area contributed by atoms with Crippen molar-refractivity contribution in [3.05, 3.63) is 86.5 Å². The second kappa shape index (κ2) is 10.8. The van der Waals surface area contributed by atoms with Crippen LogP contribution in [0, 0.1) is 28.7 Å². The number of rotatable bonds is 7. The van der Waals surface area contributed by atoms with E-state index in [-0.39, 0.29) is 5.88 Å². The van der Waals surface area contributed by atoms with Gasteiger partial charge in [-0.15, -0.1) is 0 Å². The molecule has 6 heteroatoms. The number of ether oxygens (including phenoxy) is 2. The van der Waals surface area contributed by atoms with Crippen molar-refractivity contribution in [2.75, 3.05) is 13.7 Å². The number of nitriles is 1. The second-order valence-corrected chi connectivity index (χ2v) is 9.22. The van der Waals surface area contributed by atoms with E-state index in [2.05, 4.69) is 33.7 Å². The van der Waals surface area contributed by atoms with Crippen LogP contribution in [-0.4, -0.2) is 19.9 Å². The molecule has 3 aromatic carbocycles. The molecule has 4 rings (SSSR count). The second-order valence-electron chi connectivity index (χ2n) is 8.06. The molecule has 0 spiro atoms. The van der Waals surface area contributed by atoms with Crippen molar-refractivity contribution in [2.24, 2.45) is 4.99 Å². The van der Waals surface area contributed by atoms with Crippen molar-refractivity contribution in [3.8, 4) is 40.0 Å². The summed E-state index contributed by atoms with van der Waals surface area (Å²) in [5.41, 5.74) is 6.04. The van der Waals surface area contributed by atoms with Crippen molar-refractivity contribution in [1.82, 2.24) is 0 Å². The van der Waals surface area contributed by atoms with Crippen LogP contribution in [0.1, 0.15) is 29.2 Å². The Morgan fingerprint density at radius 1 is 1.00 bits per heavy atom. The summed E-state index contributed by atoms with van der Waals surface area (Å²) in [6.45, 7) is 6.52. The number of nitrogens with zero attached hydrogens (tertiary/aromatic N) is 2. The smallest absolute Gasteiger partial charge is 0.238 e. The predicted octanol–water partition coefficient (Wildman–Crippen LogP) is 7.86. The Hall–Kier alpha value is -3.57. The van der Waals surface area contributed by atoms with Crippen LogP contribution >= 0.6 is 22.6 Å². The van der Waals surface area contributed by atoms with E-state index in [1.807, 2.05) is 81.4 Å². The van der Waals surface area contributed by atoms with Gasteiger partial charge in [-0.3, -0.25) is 0 Å². The van der Waals surface area contributed by atoms with E-state index in [4.69, 9.17) is 13.9 Å². The fraction of sp³-hybridized carbons (Fsp3) is 0.172. The van der Waals surface area contributed by atoms with Gasteiger partial charge in [0.25, 0.3) is 0 Å². The lowest BCUT2D eigenvalue weighted by atomic mass is 9.97. The maximum atomic E-state index is 10.1.